The summed E-state index contributed by atoms with van der Waals surface area (Å²) in [6, 6.07) is 9.47. The van der Waals surface area contributed by atoms with Crippen LogP contribution in [0.1, 0.15) is 10.5 Å². The Kier molecular flexibility index (Phi) is 2.49. The van der Waals surface area contributed by atoms with Gasteiger partial charge in [0.05, 0.1) is 23.7 Å². The Morgan fingerprint density at radius 3 is 2.94 bits per heavy atom. The number of anilines is 1. The van der Waals surface area contributed by atoms with Crippen molar-refractivity contribution in [2.45, 2.75) is 0 Å². The molecule has 2 aromatic heterocycles. The van der Waals surface area contributed by atoms with Crippen LogP contribution < -0.4 is 5.32 Å². The Labute approximate surface area is 103 Å². The molecule has 0 aliphatic carbocycles. The quantitative estimate of drug-likeness (QED) is 0.719. The van der Waals surface area contributed by atoms with Crippen LogP contribution in [-0.2, 0) is 0 Å². The summed E-state index contributed by atoms with van der Waals surface area (Å²) in [5.74, 6) is -0.231. The molecule has 88 valence electrons. The summed E-state index contributed by atoms with van der Waals surface area (Å²) in [5.41, 5.74) is 1.88. The van der Waals surface area contributed by atoms with Gasteiger partial charge in [-0.1, -0.05) is 18.2 Å². The van der Waals surface area contributed by atoms with Crippen LogP contribution in [0.4, 0.5) is 5.69 Å². The minimum absolute atomic E-state index is 0.231. The lowest BCUT2D eigenvalue weighted by atomic mass is 10.2. The molecule has 1 amide bonds. The number of carbonyl (C=O) groups is 1. The number of amides is 1. The molecule has 0 radical (unpaired) electrons. The van der Waals surface area contributed by atoms with E-state index in [4.69, 9.17) is 0 Å². The predicted octanol–water partition coefficient (Wildman–Crippen LogP) is 2.21. The summed E-state index contributed by atoms with van der Waals surface area (Å²) >= 11 is 0. The second-order valence-corrected chi connectivity index (χ2v) is 3.80. The van der Waals surface area contributed by atoms with Crippen molar-refractivity contribution in [3.8, 4) is 0 Å². The number of aromatic nitrogens is 3. The zero-order chi connectivity index (χ0) is 12.4. The van der Waals surface area contributed by atoms with E-state index in [2.05, 4.69) is 20.3 Å². The number of fused-ring (bicyclic) bond motifs is 1. The molecule has 18 heavy (non-hydrogen) atoms. The topological polar surface area (TPSA) is 70.7 Å². The molecular weight excluding hydrogens is 228 g/mol. The van der Waals surface area contributed by atoms with Gasteiger partial charge in [0.2, 0.25) is 0 Å². The third-order valence-electron chi connectivity index (χ3n) is 2.62. The molecule has 5 heteroatoms. The van der Waals surface area contributed by atoms with Crippen molar-refractivity contribution in [2.75, 3.05) is 5.32 Å². The third-order valence-corrected chi connectivity index (χ3v) is 2.62. The van der Waals surface area contributed by atoms with Gasteiger partial charge >= 0.3 is 0 Å². The van der Waals surface area contributed by atoms with Crippen LogP contribution in [0.3, 0.4) is 0 Å². The fraction of sp³-hybridized carbons (Fsp3) is 0. The maximum absolute atomic E-state index is 11.9. The van der Waals surface area contributed by atoms with Crippen molar-refractivity contribution in [3.63, 3.8) is 0 Å². The summed E-state index contributed by atoms with van der Waals surface area (Å²) in [7, 11) is 0. The van der Waals surface area contributed by atoms with E-state index >= 15 is 0 Å². The zero-order valence-corrected chi connectivity index (χ0v) is 9.42. The van der Waals surface area contributed by atoms with Crippen LogP contribution in [0.2, 0.25) is 0 Å². The first-order valence-corrected chi connectivity index (χ1v) is 5.48. The van der Waals surface area contributed by atoms with Crippen LogP contribution in [0.15, 0.2) is 49.1 Å². The number of para-hydroxylation sites is 1. The molecule has 0 aliphatic heterocycles. The van der Waals surface area contributed by atoms with E-state index < -0.39 is 0 Å². The van der Waals surface area contributed by atoms with Crippen LogP contribution in [0.25, 0.3) is 10.9 Å². The number of pyridine rings is 1. The molecule has 0 saturated carbocycles. The highest BCUT2D eigenvalue weighted by Crippen LogP contribution is 2.20. The second-order valence-electron chi connectivity index (χ2n) is 3.80. The van der Waals surface area contributed by atoms with Crippen LogP contribution in [0.5, 0.6) is 0 Å². The molecule has 0 aliphatic rings. The summed E-state index contributed by atoms with van der Waals surface area (Å²) in [5, 5.41) is 3.80. The minimum atomic E-state index is -0.231. The van der Waals surface area contributed by atoms with E-state index in [-0.39, 0.29) is 5.91 Å². The molecule has 5 nitrogen and oxygen atoms in total. The summed E-state index contributed by atoms with van der Waals surface area (Å²) in [4.78, 5) is 22.8. The number of rotatable bonds is 2. The Morgan fingerprint density at radius 2 is 2.11 bits per heavy atom. The molecule has 3 aromatic rings. The molecule has 0 saturated heterocycles. The first-order valence-electron chi connectivity index (χ1n) is 5.48. The van der Waals surface area contributed by atoms with Gasteiger partial charge in [0.1, 0.15) is 5.69 Å². The minimum Gasteiger partial charge on any atom is -0.341 e. The van der Waals surface area contributed by atoms with Gasteiger partial charge in [0.15, 0.2) is 0 Å². The maximum atomic E-state index is 11.9. The third kappa shape index (κ3) is 1.82. The van der Waals surface area contributed by atoms with Gasteiger partial charge in [-0.25, -0.2) is 4.98 Å². The number of carbonyl (C=O) groups excluding carboxylic acids is 1. The lowest BCUT2D eigenvalue weighted by molar-refractivity contribution is 0.102. The highest BCUT2D eigenvalue weighted by molar-refractivity contribution is 6.07. The normalized spacial score (nSPS) is 10.4. The van der Waals surface area contributed by atoms with Crippen molar-refractivity contribution in [1.82, 2.24) is 15.0 Å². The first kappa shape index (κ1) is 10.5. The highest BCUT2D eigenvalue weighted by Gasteiger charge is 2.09. The standard InChI is InChI=1S/C13H10N4O/c18-13(11-7-14-8-16-11)17-10-5-1-3-9-4-2-6-15-12(9)10/h1-8H,(H,14,16)(H,17,18). The van der Waals surface area contributed by atoms with Crippen molar-refractivity contribution < 1.29 is 4.79 Å². The van der Waals surface area contributed by atoms with Crippen molar-refractivity contribution in [3.05, 3.63) is 54.7 Å². The lowest BCUT2D eigenvalue weighted by Gasteiger charge is -2.06. The molecule has 2 heterocycles. The number of imidazole rings is 1. The number of hydrogen-bond acceptors (Lipinski definition) is 3. The van der Waals surface area contributed by atoms with Gasteiger partial charge in [-0.3, -0.25) is 9.78 Å². The highest BCUT2D eigenvalue weighted by atomic mass is 16.1. The molecule has 2 N–H and O–H groups in total. The number of nitrogens with zero attached hydrogens (tertiary/aromatic N) is 2. The second kappa shape index (κ2) is 4.29. The van der Waals surface area contributed by atoms with E-state index in [1.807, 2.05) is 30.3 Å². The monoisotopic (exact) mass is 238 g/mol. The number of nitrogens with one attached hydrogen (secondary N) is 2. The van der Waals surface area contributed by atoms with Gasteiger partial charge < -0.3 is 10.3 Å². The smallest absolute Gasteiger partial charge is 0.273 e. The molecule has 0 unspecified atom stereocenters. The Balaban J connectivity index is 1.98. The molecule has 0 spiro atoms. The van der Waals surface area contributed by atoms with Gasteiger partial charge in [-0.05, 0) is 12.1 Å². The molecular formula is C13H10N4O. The van der Waals surface area contributed by atoms with E-state index in [0.717, 1.165) is 10.9 Å². The largest absolute Gasteiger partial charge is 0.341 e. The van der Waals surface area contributed by atoms with Gasteiger partial charge in [0, 0.05) is 11.6 Å². The molecule has 1 aromatic carbocycles. The van der Waals surface area contributed by atoms with Crippen LogP contribution >= 0.6 is 0 Å². The fourth-order valence-corrected chi connectivity index (χ4v) is 1.77. The summed E-state index contributed by atoms with van der Waals surface area (Å²) < 4.78 is 0. The average Bonchev–Trinajstić information content (AvgIpc) is 2.93. The first-order chi connectivity index (χ1) is 8.84. The van der Waals surface area contributed by atoms with Crippen LogP contribution in [-0.4, -0.2) is 20.9 Å². The molecule has 0 fully saturated rings. The molecule has 0 atom stereocenters. The van der Waals surface area contributed by atoms with E-state index in [9.17, 15) is 4.79 Å². The van der Waals surface area contributed by atoms with E-state index in [0.29, 0.717) is 11.4 Å². The number of H-pyrrole nitrogens is 1. The lowest BCUT2D eigenvalue weighted by Crippen LogP contribution is -2.12. The SMILES string of the molecule is O=C(Nc1cccc2cccnc12)c1cnc[nH]1. The van der Waals surface area contributed by atoms with E-state index in [1.165, 1.54) is 12.5 Å². The number of benzene rings is 1. The summed E-state index contributed by atoms with van der Waals surface area (Å²) in [6.45, 7) is 0. The average molecular weight is 238 g/mol. The summed E-state index contributed by atoms with van der Waals surface area (Å²) in [6.07, 6.45) is 4.65. The van der Waals surface area contributed by atoms with E-state index in [1.54, 1.807) is 6.20 Å². The fourth-order valence-electron chi connectivity index (χ4n) is 1.77. The van der Waals surface area contributed by atoms with Crippen LogP contribution in [0, 0.1) is 0 Å². The van der Waals surface area contributed by atoms with Crippen molar-refractivity contribution in [2.24, 2.45) is 0 Å². The van der Waals surface area contributed by atoms with Crippen molar-refractivity contribution >= 4 is 22.5 Å². The number of aromatic amines is 1. The zero-order valence-electron chi connectivity index (χ0n) is 9.42. The Hall–Kier alpha value is -2.69. The Morgan fingerprint density at radius 1 is 1.22 bits per heavy atom. The molecule has 0 bridgehead atoms. The van der Waals surface area contributed by atoms with Gasteiger partial charge in [0.25, 0.3) is 5.91 Å². The molecule has 3 rings (SSSR count). The number of hydrogen-bond donors (Lipinski definition) is 2. The maximum Gasteiger partial charge on any atom is 0.273 e. The van der Waals surface area contributed by atoms with Gasteiger partial charge in [-0.2, -0.15) is 0 Å². The van der Waals surface area contributed by atoms with Crippen molar-refractivity contribution in [1.29, 1.82) is 0 Å². The Bertz CT molecular complexity index is 686. The predicted molar refractivity (Wildman–Crippen MR) is 68.3 cm³/mol. The van der Waals surface area contributed by atoms with Gasteiger partial charge in [-0.15, -0.1) is 0 Å².